The topological polar surface area (TPSA) is 33.0 Å². The van der Waals surface area contributed by atoms with Crippen molar-refractivity contribution in [3.63, 3.8) is 0 Å². The molecule has 0 aliphatic carbocycles. The normalized spacial score (nSPS) is 10.4. The van der Waals surface area contributed by atoms with Crippen molar-refractivity contribution in [2.75, 3.05) is 19.8 Å². The van der Waals surface area contributed by atoms with Crippen LogP contribution in [0, 0.1) is 0 Å². The highest BCUT2D eigenvalue weighted by Gasteiger charge is 1.88. The standard InChI is InChI=1S/C9H20NO/c1-2-3-4-5-8-11-9-6-7-10/h10H,2-9H2,1H3. The third-order valence-electron chi connectivity index (χ3n) is 1.61. The molecule has 0 spiro atoms. The minimum Gasteiger partial charge on any atom is -0.381 e. The fourth-order valence-corrected chi connectivity index (χ4v) is 0.907. The number of ether oxygens (including phenoxy) is 1. The summed E-state index contributed by atoms with van der Waals surface area (Å²) in [5.41, 5.74) is 6.87. The van der Waals surface area contributed by atoms with E-state index < -0.39 is 0 Å². The molecular weight excluding hydrogens is 138 g/mol. The molecule has 0 saturated carbocycles. The third kappa shape index (κ3) is 9.92. The molecule has 2 nitrogen and oxygen atoms in total. The quantitative estimate of drug-likeness (QED) is 0.499. The van der Waals surface area contributed by atoms with Crippen LogP contribution in [0.5, 0.6) is 0 Å². The highest BCUT2D eigenvalue weighted by molar-refractivity contribution is 4.40. The molecule has 1 N–H and O–H groups in total. The lowest BCUT2D eigenvalue weighted by atomic mass is 10.2. The molecule has 1 radical (unpaired) electrons. The second kappa shape index (κ2) is 9.92. The summed E-state index contributed by atoms with van der Waals surface area (Å²) in [5, 5.41) is 0. The molecule has 0 aromatic heterocycles. The van der Waals surface area contributed by atoms with Gasteiger partial charge in [-0.05, 0) is 12.8 Å². The Labute approximate surface area is 70.1 Å². The van der Waals surface area contributed by atoms with Crippen LogP contribution >= 0.6 is 0 Å². The SMILES string of the molecule is CCCCCCOCCC[NH]. The highest BCUT2D eigenvalue weighted by Crippen LogP contribution is 1.98. The van der Waals surface area contributed by atoms with Gasteiger partial charge in [0.1, 0.15) is 0 Å². The van der Waals surface area contributed by atoms with E-state index in [4.69, 9.17) is 10.5 Å². The Kier molecular flexibility index (Phi) is 9.85. The van der Waals surface area contributed by atoms with Crippen LogP contribution in [0.3, 0.4) is 0 Å². The summed E-state index contributed by atoms with van der Waals surface area (Å²) in [6.07, 6.45) is 5.96. The molecule has 0 rings (SSSR count). The maximum absolute atomic E-state index is 6.87. The summed E-state index contributed by atoms with van der Waals surface area (Å²) < 4.78 is 5.30. The first-order valence-corrected chi connectivity index (χ1v) is 4.64. The number of hydrogen-bond acceptors (Lipinski definition) is 1. The molecule has 0 aliphatic rings. The van der Waals surface area contributed by atoms with E-state index in [1.54, 1.807) is 0 Å². The van der Waals surface area contributed by atoms with Crippen molar-refractivity contribution >= 4 is 0 Å². The zero-order valence-electron chi connectivity index (χ0n) is 7.57. The Morgan fingerprint density at radius 1 is 1.00 bits per heavy atom. The van der Waals surface area contributed by atoms with Crippen LogP contribution in [0.4, 0.5) is 0 Å². The van der Waals surface area contributed by atoms with Crippen LogP contribution < -0.4 is 5.73 Å². The average molecular weight is 158 g/mol. The lowest BCUT2D eigenvalue weighted by Crippen LogP contribution is -1.99. The molecule has 67 valence electrons. The molecule has 2 heteroatoms. The molecular formula is C9H20NO. The molecule has 0 atom stereocenters. The van der Waals surface area contributed by atoms with Gasteiger partial charge in [0.05, 0.1) is 0 Å². The molecule has 0 bridgehead atoms. The second-order valence-corrected chi connectivity index (χ2v) is 2.78. The van der Waals surface area contributed by atoms with Gasteiger partial charge in [-0.1, -0.05) is 26.2 Å². The summed E-state index contributed by atoms with van der Waals surface area (Å²) in [4.78, 5) is 0. The van der Waals surface area contributed by atoms with E-state index in [-0.39, 0.29) is 0 Å². The predicted molar refractivity (Wildman–Crippen MR) is 47.5 cm³/mol. The zero-order chi connectivity index (χ0) is 8.36. The number of nitrogens with one attached hydrogen (secondary N) is 1. The molecule has 0 aliphatic heterocycles. The molecule has 0 fully saturated rings. The molecule has 0 amide bonds. The van der Waals surface area contributed by atoms with Gasteiger partial charge in [0.15, 0.2) is 0 Å². The summed E-state index contributed by atoms with van der Waals surface area (Å²) in [7, 11) is 0. The van der Waals surface area contributed by atoms with E-state index in [0.29, 0.717) is 6.54 Å². The first-order valence-electron chi connectivity index (χ1n) is 4.64. The van der Waals surface area contributed by atoms with Crippen molar-refractivity contribution in [3.05, 3.63) is 0 Å². The van der Waals surface area contributed by atoms with Gasteiger partial charge in [0, 0.05) is 19.8 Å². The van der Waals surface area contributed by atoms with E-state index in [1.165, 1.54) is 25.7 Å². The smallest absolute Gasteiger partial charge is 0.0478 e. The van der Waals surface area contributed by atoms with Gasteiger partial charge >= 0.3 is 0 Å². The molecule has 0 unspecified atom stereocenters. The van der Waals surface area contributed by atoms with Crippen LogP contribution in [0.2, 0.25) is 0 Å². The lowest BCUT2D eigenvalue weighted by molar-refractivity contribution is 0.129. The van der Waals surface area contributed by atoms with Gasteiger partial charge in [-0.15, -0.1) is 0 Å². The predicted octanol–water partition coefficient (Wildman–Crippen LogP) is 2.26. The minimum absolute atomic E-state index is 0.495. The van der Waals surface area contributed by atoms with E-state index in [9.17, 15) is 0 Å². The van der Waals surface area contributed by atoms with Crippen molar-refractivity contribution in [3.8, 4) is 0 Å². The summed E-state index contributed by atoms with van der Waals surface area (Å²) in [6.45, 7) is 4.37. The monoisotopic (exact) mass is 158 g/mol. The van der Waals surface area contributed by atoms with Crippen LogP contribution in [-0.2, 0) is 4.74 Å². The van der Waals surface area contributed by atoms with Gasteiger partial charge in [0.2, 0.25) is 0 Å². The van der Waals surface area contributed by atoms with Crippen LogP contribution in [0.1, 0.15) is 39.0 Å². The summed E-state index contributed by atoms with van der Waals surface area (Å²) in [6, 6.07) is 0. The van der Waals surface area contributed by atoms with Crippen LogP contribution in [0.25, 0.3) is 0 Å². The van der Waals surface area contributed by atoms with Gasteiger partial charge in [-0.25, -0.2) is 0 Å². The largest absolute Gasteiger partial charge is 0.381 e. The van der Waals surface area contributed by atoms with Crippen LogP contribution in [-0.4, -0.2) is 19.8 Å². The fourth-order valence-electron chi connectivity index (χ4n) is 0.907. The molecule has 0 heterocycles. The minimum atomic E-state index is 0.495. The van der Waals surface area contributed by atoms with Gasteiger partial charge in [0.25, 0.3) is 0 Å². The van der Waals surface area contributed by atoms with Crippen molar-refractivity contribution in [1.82, 2.24) is 5.73 Å². The number of hydrogen-bond donors (Lipinski definition) is 0. The van der Waals surface area contributed by atoms with Gasteiger partial charge in [-0.2, -0.15) is 0 Å². The summed E-state index contributed by atoms with van der Waals surface area (Å²) >= 11 is 0. The Hall–Kier alpha value is -0.0800. The van der Waals surface area contributed by atoms with E-state index in [2.05, 4.69) is 6.92 Å². The molecule has 0 saturated heterocycles. The Morgan fingerprint density at radius 2 is 1.73 bits per heavy atom. The van der Waals surface area contributed by atoms with Gasteiger partial charge in [-0.3, -0.25) is 5.73 Å². The fraction of sp³-hybridized carbons (Fsp3) is 1.00. The Balaban J connectivity index is 2.69. The lowest BCUT2D eigenvalue weighted by Gasteiger charge is -2.01. The van der Waals surface area contributed by atoms with Crippen LogP contribution in [0.15, 0.2) is 0 Å². The first kappa shape index (κ1) is 10.9. The van der Waals surface area contributed by atoms with Gasteiger partial charge < -0.3 is 4.74 Å². The van der Waals surface area contributed by atoms with Crippen molar-refractivity contribution in [1.29, 1.82) is 0 Å². The van der Waals surface area contributed by atoms with E-state index >= 15 is 0 Å². The third-order valence-corrected chi connectivity index (χ3v) is 1.61. The molecule has 0 aromatic rings. The molecule has 0 aromatic carbocycles. The highest BCUT2D eigenvalue weighted by atomic mass is 16.5. The molecule has 11 heavy (non-hydrogen) atoms. The van der Waals surface area contributed by atoms with Crippen molar-refractivity contribution < 1.29 is 4.74 Å². The average Bonchev–Trinajstić information content (AvgIpc) is 2.03. The van der Waals surface area contributed by atoms with Crippen molar-refractivity contribution in [2.24, 2.45) is 0 Å². The maximum Gasteiger partial charge on any atom is 0.0478 e. The Bertz CT molecular complexity index is 58.6. The number of rotatable bonds is 8. The number of unbranched alkanes of at least 4 members (excludes halogenated alkanes) is 3. The van der Waals surface area contributed by atoms with Crippen molar-refractivity contribution in [2.45, 2.75) is 39.0 Å². The van der Waals surface area contributed by atoms with E-state index in [1.807, 2.05) is 0 Å². The van der Waals surface area contributed by atoms with E-state index in [0.717, 1.165) is 19.6 Å². The zero-order valence-corrected chi connectivity index (χ0v) is 7.57. The summed E-state index contributed by atoms with van der Waals surface area (Å²) in [5.74, 6) is 0. The maximum atomic E-state index is 6.87. The first-order chi connectivity index (χ1) is 5.41. The second-order valence-electron chi connectivity index (χ2n) is 2.78. The Morgan fingerprint density at radius 3 is 2.36 bits per heavy atom.